The van der Waals surface area contributed by atoms with E-state index in [4.69, 9.17) is 4.98 Å². The lowest BCUT2D eigenvalue weighted by atomic mass is 9.87. The van der Waals surface area contributed by atoms with Crippen molar-refractivity contribution >= 4 is 29.7 Å². The van der Waals surface area contributed by atoms with Gasteiger partial charge >= 0.3 is 0 Å². The molecule has 0 saturated carbocycles. The highest BCUT2D eigenvalue weighted by atomic mass is 32.2. The number of pyridine rings is 1. The Bertz CT molecular complexity index is 893. The number of aliphatic imine (C=N–C) groups is 1. The van der Waals surface area contributed by atoms with Gasteiger partial charge in [-0.1, -0.05) is 39.5 Å². The summed E-state index contributed by atoms with van der Waals surface area (Å²) in [6.45, 7) is 15.1. The lowest BCUT2D eigenvalue weighted by Gasteiger charge is -2.28. The third-order valence-corrected chi connectivity index (χ3v) is 6.11. The summed E-state index contributed by atoms with van der Waals surface area (Å²) in [4.78, 5) is 12.3. The number of rotatable bonds is 7. The lowest BCUT2D eigenvalue weighted by molar-refractivity contribution is 0.454. The molecule has 1 aromatic heterocycles. The second-order valence-corrected chi connectivity index (χ2v) is 9.64. The Kier molecular flexibility index (Phi) is 7.21. The summed E-state index contributed by atoms with van der Waals surface area (Å²) in [5.74, 6) is 0. The first-order valence-corrected chi connectivity index (χ1v) is 11.2. The minimum absolute atomic E-state index is 0.154. The van der Waals surface area contributed by atoms with Gasteiger partial charge in [-0.25, -0.2) is 0 Å². The fourth-order valence-electron chi connectivity index (χ4n) is 3.52. The predicted octanol–water partition coefficient (Wildman–Crippen LogP) is 5.10. The second kappa shape index (κ2) is 9.67. The van der Waals surface area contributed by atoms with Crippen LogP contribution in [0.5, 0.6) is 0 Å². The van der Waals surface area contributed by atoms with Crippen LogP contribution in [0, 0.1) is 6.92 Å². The molecule has 0 radical (unpaired) electrons. The topological polar surface area (TPSA) is 52.6 Å². The highest BCUT2D eigenvalue weighted by molar-refractivity contribution is 8.00. The van der Waals surface area contributed by atoms with Crippen molar-refractivity contribution < 1.29 is 0 Å². The molecule has 0 aliphatic carbocycles. The van der Waals surface area contributed by atoms with Crippen LogP contribution in [0.2, 0.25) is 0 Å². The van der Waals surface area contributed by atoms with E-state index in [1.54, 1.807) is 19.0 Å². The number of hydrogen-bond donors (Lipinski definition) is 2. The molecule has 2 N–H and O–H groups in total. The van der Waals surface area contributed by atoms with E-state index in [2.05, 4.69) is 84.5 Å². The van der Waals surface area contributed by atoms with Gasteiger partial charge in [0.15, 0.2) is 0 Å². The van der Waals surface area contributed by atoms with E-state index < -0.39 is 0 Å². The van der Waals surface area contributed by atoms with Gasteiger partial charge in [-0.15, -0.1) is 0 Å². The molecule has 5 nitrogen and oxygen atoms in total. The number of nitrogens with zero attached hydrogens (tertiary/aromatic N) is 3. The maximum absolute atomic E-state index is 4.71. The largest absolute Gasteiger partial charge is 0.327 e. The number of anilines is 1. The first kappa shape index (κ1) is 22.4. The van der Waals surface area contributed by atoms with E-state index in [-0.39, 0.29) is 5.41 Å². The van der Waals surface area contributed by atoms with Gasteiger partial charge in [0.1, 0.15) is 5.69 Å². The number of nitrogens with one attached hydrogen (secondary N) is 2. The van der Waals surface area contributed by atoms with Crippen LogP contribution < -0.4 is 10.0 Å². The normalized spacial score (nSPS) is 16.8. The van der Waals surface area contributed by atoms with E-state index in [0.29, 0.717) is 6.04 Å². The van der Waals surface area contributed by atoms with Crippen LogP contribution in [0.1, 0.15) is 44.0 Å². The van der Waals surface area contributed by atoms with Crippen LogP contribution in [0.3, 0.4) is 0 Å². The molecular weight excluding hydrogens is 390 g/mol. The molecule has 1 saturated heterocycles. The molecular formula is C24H33N5S. The molecule has 1 aliphatic heterocycles. The molecule has 1 fully saturated rings. The monoisotopic (exact) mass is 423 g/mol. The zero-order chi connectivity index (χ0) is 21.7. The smallest absolute Gasteiger partial charge is 0.110 e. The summed E-state index contributed by atoms with van der Waals surface area (Å²) in [5, 5.41) is 3.42. The molecule has 30 heavy (non-hydrogen) atoms. The summed E-state index contributed by atoms with van der Waals surface area (Å²) in [7, 11) is 1.79. The Morgan fingerprint density at radius 1 is 1.33 bits per heavy atom. The number of hydrogen-bond acceptors (Lipinski definition) is 5. The van der Waals surface area contributed by atoms with Gasteiger partial charge in [0, 0.05) is 30.7 Å². The SMILES string of the molecule is C=C(c1ncc(C)cc1NSc1ccc(C(C)(C)C)cc1)N(C=NC)C1CCNC1. The van der Waals surface area contributed by atoms with Gasteiger partial charge in [-0.05, 0) is 66.6 Å². The van der Waals surface area contributed by atoms with E-state index >= 15 is 0 Å². The maximum atomic E-state index is 4.71. The van der Waals surface area contributed by atoms with Crippen LogP contribution in [-0.4, -0.2) is 42.4 Å². The van der Waals surface area contributed by atoms with Crippen LogP contribution in [0.15, 0.2) is 53.0 Å². The number of aromatic nitrogens is 1. The molecule has 2 heterocycles. The Labute approximate surface area is 185 Å². The number of benzene rings is 1. The van der Waals surface area contributed by atoms with Gasteiger partial charge in [0.05, 0.1) is 17.7 Å². The molecule has 0 bridgehead atoms. The van der Waals surface area contributed by atoms with Crippen LogP contribution >= 0.6 is 11.9 Å². The van der Waals surface area contributed by atoms with Crippen molar-refractivity contribution in [3.05, 3.63) is 59.9 Å². The van der Waals surface area contributed by atoms with Crippen LogP contribution in [-0.2, 0) is 5.41 Å². The van der Waals surface area contributed by atoms with Crippen molar-refractivity contribution in [2.45, 2.75) is 50.5 Å². The molecule has 6 heteroatoms. The molecule has 1 unspecified atom stereocenters. The quantitative estimate of drug-likeness (QED) is 0.369. The number of aryl methyl sites for hydroxylation is 1. The molecule has 0 spiro atoms. The van der Waals surface area contributed by atoms with Crippen molar-refractivity contribution in [3.63, 3.8) is 0 Å². The minimum Gasteiger partial charge on any atom is -0.327 e. The summed E-state index contributed by atoms with van der Waals surface area (Å²) >= 11 is 1.59. The van der Waals surface area contributed by atoms with Gasteiger partial charge in [-0.3, -0.25) is 9.98 Å². The standard InChI is InChI=1S/C24H33N5S/c1-17-13-22(28-30-21-9-7-19(8-10-21)24(3,4)5)23(27-14-17)18(2)29(16-25-6)20-11-12-26-15-20/h7-10,13-14,16,20,26,28H,2,11-12,15H2,1,3-6H3. The Morgan fingerprint density at radius 3 is 2.67 bits per heavy atom. The van der Waals surface area contributed by atoms with Gasteiger partial charge < -0.3 is 14.9 Å². The van der Waals surface area contributed by atoms with Crippen molar-refractivity contribution in [1.82, 2.24) is 15.2 Å². The van der Waals surface area contributed by atoms with E-state index in [9.17, 15) is 0 Å². The highest BCUT2D eigenvalue weighted by Crippen LogP contribution is 2.31. The average Bonchev–Trinajstić information content (AvgIpc) is 3.24. The maximum Gasteiger partial charge on any atom is 0.110 e. The molecule has 1 aromatic carbocycles. The minimum atomic E-state index is 0.154. The first-order chi connectivity index (χ1) is 14.3. The van der Waals surface area contributed by atoms with Crippen LogP contribution in [0.25, 0.3) is 5.70 Å². The van der Waals surface area contributed by atoms with E-state index in [0.717, 1.165) is 47.0 Å². The summed E-state index contributed by atoms with van der Waals surface area (Å²) in [6, 6.07) is 11.2. The van der Waals surface area contributed by atoms with Crippen molar-refractivity contribution in [2.75, 3.05) is 24.9 Å². The van der Waals surface area contributed by atoms with Gasteiger partial charge in [0.2, 0.25) is 0 Å². The summed E-state index contributed by atoms with van der Waals surface area (Å²) in [5.41, 5.74) is 5.27. The zero-order valence-corrected chi connectivity index (χ0v) is 19.5. The Balaban J connectivity index is 1.80. The van der Waals surface area contributed by atoms with E-state index in [1.807, 2.05) is 12.5 Å². The fourth-order valence-corrected chi connectivity index (χ4v) is 4.18. The highest BCUT2D eigenvalue weighted by Gasteiger charge is 2.25. The second-order valence-electron chi connectivity index (χ2n) is 8.76. The fraction of sp³-hybridized carbons (Fsp3) is 0.417. The van der Waals surface area contributed by atoms with Crippen molar-refractivity contribution in [2.24, 2.45) is 4.99 Å². The molecule has 1 aliphatic rings. The zero-order valence-electron chi connectivity index (χ0n) is 18.7. The summed E-state index contributed by atoms with van der Waals surface area (Å²) < 4.78 is 3.50. The van der Waals surface area contributed by atoms with E-state index in [1.165, 1.54) is 5.56 Å². The van der Waals surface area contributed by atoms with Crippen molar-refractivity contribution in [3.8, 4) is 0 Å². The third kappa shape index (κ3) is 5.43. The molecule has 3 rings (SSSR count). The van der Waals surface area contributed by atoms with Gasteiger partial charge in [0.25, 0.3) is 0 Å². The predicted molar refractivity (Wildman–Crippen MR) is 130 cm³/mol. The molecule has 0 amide bonds. The molecule has 1 atom stereocenters. The molecule has 160 valence electrons. The average molecular weight is 424 g/mol. The molecule has 2 aromatic rings. The van der Waals surface area contributed by atoms with Crippen molar-refractivity contribution in [1.29, 1.82) is 0 Å². The van der Waals surface area contributed by atoms with Gasteiger partial charge in [-0.2, -0.15) is 0 Å². The Hall–Kier alpha value is -2.31. The Morgan fingerprint density at radius 2 is 2.07 bits per heavy atom. The first-order valence-electron chi connectivity index (χ1n) is 10.4. The van der Waals surface area contributed by atoms with Crippen LogP contribution in [0.4, 0.5) is 5.69 Å². The third-order valence-electron chi connectivity index (χ3n) is 5.28. The summed E-state index contributed by atoms with van der Waals surface area (Å²) in [6.07, 6.45) is 4.82. The lowest BCUT2D eigenvalue weighted by Crippen LogP contribution is -2.34.